The van der Waals surface area contributed by atoms with E-state index < -0.39 is 0 Å². The average molecular weight is 444 g/mol. The second-order valence-electron chi connectivity index (χ2n) is 8.39. The fourth-order valence-corrected chi connectivity index (χ4v) is 4.63. The fraction of sp³-hybridized carbons (Fsp3) is 0.375. The average Bonchev–Trinajstić information content (AvgIpc) is 3.61. The van der Waals surface area contributed by atoms with Gasteiger partial charge in [-0.15, -0.1) is 0 Å². The first kappa shape index (κ1) is 20.9. The van der Waals surface area contributed by atoms with E-state index in [1.165, 1.54) is 12.8 Å². The third-order valence-corrected chi connectivity index (χ3v) is 6.33. The van der Waals surface area contributed by atoms with Crippen LogP contribution in [0.3, 0.4) is 0 Å². The first-order valence-corrected chi connectivity index (χ1v) is 11.3. The lowest BCUT2D eigenvalue weighted by Crippen LogP contribution is -2.23. The second kappa shape index (κ2) is 9.28. The van der Waals surface area contributed by atoms with Crippen LogP contribution < -0.4 is 10.2 Å². The zero-order valence-corrected chi connectivity index (χ0v) is 18.2. The summed E-state index contributed by atoms with van der Waals surface area (Å²) < 4.78 is 6.92. The fourth-order valence-electron chi connectivity index (χ4n) is 4.63. The van der Waals surface area contributed by atoms with Crippen LogP contribution in [0.25, 0.3) is 11.3 Å². The third kappa shape index (κ3) is 4.51. The number of rotatable bonds is 7. The van der Waals surface area contributed by atoms with Crippen LogP contribution in [-0.4, -0.2) is 39.0 Å². The van der Waals surface area contributed by atoms with E-state index in [1.54, 1.807) is 17.3 Å². The van der Waals surface area contributed by atoms with Gasteiger partial charge in [0.1, 0.15) is 6.61 Å². The largest absolute Gasteiger partial charge is 0.447 e. The zero-order chi connectivity index (χ0) is 22.6. The highest BCUT2D eigenvalue weighted by molar-refractivity contribution is 5.89. The van der Waals surface area contributed by atoms with Crippen LogP contribution in [0.1, 0.15) is 38.1 Å². The Kier molecular flexibility index (Phi) is 5.89. The number of nitriles is 1. The molecule has 1 aliphatic heterocycles. The summed E-state index contributed by atoms with van der Waals surface area (Å²) in [7, 11) is 0. The quantitative estimate of drug-likeness (QED) is 0.564. The lowest BCUT2D eigenvalue weighted by atomic mass is 9.96. The maximum atomic E-state index is 11.7. The van der Waals surface area contributed by atoms with Crippen molar-refractivity contribution in [3.63, 3.8) is 0 Å². The van der Waals surface area contributed by atoms with E-state index >= 15 is 0 Å². The van der Waals surface area contributed by atoms with E-state index in [1.807, 2.05) is 41.2 Å². The summed E-state index contributed by atoms with van der Waals surface area (Å²) in [5.41, 5.74) is 3.26. The molecule has 0 bridgehead atoms. The SMILES string of the molecule is N#CCC(C1CCCC1)n1cc(-c2ccnc(Nc3ccc(N4CCOC4=O)cc3)n2)cn1. The van der Waals surface area contributed by atoms with Crippen molar-refractivity contribution in [2.24, 2.45) is 5.92 Å². The van der Waals surface area contributed by atoms with Gasteiger partial charge in [-0.25, -0.2) is 14.8 Å². The van der Waals surface area contributed by atoms with Crippen LogP contribution >= 0.6 is 0 Å². The molecule has 9 heteroatoms. The van der Waals surface area contributed by atoms with Crippen LogP contribution in [0, 0.1) is 17.2 Å². The maximum Gasteiger partial charge on any atom is 0.414 e. The van der Waals surface area contributed by atoms with Crippen LogP contribution in [0.15, 0.2) is 48.9 Å². The number of benzene rings is 1. The molecule has 1 aliphatic carbocycles. The Hall–Kier alpha value is -3.93. The molecule has 2 aliphatic rings. The number of aromatic nitrogens is 4. The standard InChI is InChI=1S/C24H25N7O2/c25-11-9-22(17-3-1-2-4-17)31-16-18(15-27-31)21-10-12-26-23(29-21)28-19-5-7-20(8-6-19)30-13-14-33-24(30)32/h5-8,10,12,15-17,22H,1-4,9,13-14H2,(H,26,28,29). The van der Waals surface area contributed by atoms with E-state index in [4.69, 9.17) is 4.74 Å². The Morgan fingerprint density at radius 2 is 2.03 bits per heavy atom. The Labute approximate surface area is 192 Å². The number of nitrogens with one attached hydrogen (secondary N) is 1. The number of anilines is 3. The summed E-state index contributed by atoms with van der Waals surface area (Å²) in [6.07, 6.45) is 10.4. The van der Waals surface area contributed by atoms with Crippen LogP contribution in [-0.2, 0) is 4.74 Å². The van der Waals surface area contributed by atoms with Crippen molar-refractivity contribution >= 4 is 23.4 Å². The summed E-state index contributed by atoms with van der Waals surface area (Å²) in [5.74, 6) is 0.975. The predicted octanol–water partition coefficient (Wildman–Crippen LogP) is 4.69. The van der Waals surface area contributed by atoms with Gasteiger partial charge in [0.2, 0.25) is 5.95 Å². The van der Waals surface area contributed by atoms with Crippen molar-refractivity contribution in [3.05, 3.63) is 48.9 Å². The molecular weight excluding hydrogens is 418 g/mol. The number of carbonyl (C=O) groups is 1. The first-order valence-electron chi connectivity index (χ1n) is 11.3. The molecule has 33 heavy (non-hydrogen) atoms. The Morgan fingerprint density at radius 3 is 2.76 bits per heavy atom. The molecule has 1 atom stereocenters. The van der Waals surface area contributed by atoms with Crippen molar-refractivity contribution in [1.82, 2.24) is 19.7 Å². The van der Waals surface area contributed by atoms with Crippen molar-refractivity contribution in [3.8, 4) is 17.3 Å². The minimum absolute atomic E-state index is 0.108. The van der Waals surface area contributed by atoms with Crippen LogP contribution in [0.5, 0.6) is 0 Å². The number of carbonyl (C=O) groups excluding carboxylic acids is 1. The lowest BCUT2D eigenvalue weighted by Gasteiger charge is -2.21. The molecule has 168 valence electrons. The first-order chi connectivity index (χ1) is 16.2. The van der Waals surface area contributed by atoms with Gasteiger partial charge in [0.15, 0.2) is 0 Å². The number of nitrogens with zero attached hydrogens (tertiary/aromatic N) is 6. The lowest BCUT2D eigenvalue weighted by molar-refractivity contribution is 0.181. The monoisotopic (exact) mass is 443 g/mol. The van der Waals surface area contributed by atoms with Crippen molar-refractivity contribution in [2.75, 3.05) is 23.4 Å². The number of cyclic esters (lactones) is 1. The molecule has 0 radical (unpaired) electrons. The summed E-state index contributed by atoms with van der Waals surface area (Å²) >= 11 is 0. The highest BCUT2D eigenvalue weighted by Gasteiger charge is 2.27. The Morgan fingerprint density at radius 1 is 1.21 bits per heavy atom. The molecule has 9 nitrogen and oxygen atoms in total. The molecule has 1 aromatic carbocycles. The van der Waals surface area contributed by atoms with Crippen LogP contribution in [0.2, 0.25) is 0 Å². The predicted molar refractivity (Wildman–Crippen MR) is 123 cm³/mol. The molecule has 2 fully saturated rings. The highest BCUT2D eigenvalue weighted by atomic mass is 16.6. The molecule has 3 aromatic rings. The van der Waals surface area contributed by atoms with Crippen LogP contribution in [0.4, 0.5) is 22.1 Å². The molecule has 5 rings (SSSR count). The van der Waals surface area contributed by atoms with Gasteiger partial charge in [0, 0.05) is 29.3 Å². The van der Waals surface area contributed by atoms with Gasteiger partial charge >= 0.3 is 6.09 Å². The highest BCUT2D eigenvalue weighted by Crippen LogP contribution is 2.36. The molecule has 2 aromatic heterocycles. The molecule has 3 heterocycles. The number of hydrogen-bond donors (Lipinski definition) is 1. The molecule has 1 N–H and O–H groups in total. The van der Waals surface area contributed by atoms with Gasteiger partial charge in [0.05, 0.1) is 37.0 Å². The van der Waals surface area contributed by atoms with E-state index in [9.17, 15) is 10.1 Å². The van der Waals surface area contributed by atoms with E-state index in [0.29, 0.717) is 31.4 Å². The van der Waals surface area contributed by atoms with E-state index in [-0.39, 0.29) is 12.1 Å². The molecule has 1 amide bonds. The minimum Gasteiger partial charge on any atom is -0.447 e. The van der Waals surface area contributed by atoms with Crippen molar-refractivity contribution in [2.45, 2.75) is 38.1 Å². The topological polar surface area (TPSA) is 109 Å². The minimum atomic E-state index is -0.322. The Balaban J connectivity index is 1.30. The summed E-state index contributed by atoms with van der Waals surface area (Å²) in [6.45, 7) is 0.967. The zero-order valence-electron chi connectivity index (χ0n) is 18.2. The van der Waals surface area contributed by atoms with Crippen molar-refractivity contribution < 1.29 is 9.53 Å². The van der Waals surface area contributed by atoms with E-state index in [0.717, 1.165) is 35.5 Å². The molecular formula is C24H25N7O2. The molecule has 1 saturated heterocycles. The normalized spacial score (nSPS) is 17.1. The van der Waals surface area contributed by atoms with Gasteiger partial charge in [-0.2, -0.15) is 10.4 Å². The summed E-state index contributed by atoms with van der Waals surface area (Å²) in [5, 5.41) is 17.1. The van der Waals surface area contributed by atoms with Gasteiger partial charge in [-0.1, -0.05) is 12.8 Å². The number of amides is 1. The third-order valence-electron chi connectivity index (χ3n) is 6.33. The summed E-state index contributed by atoms with van der Waals surface area (Å²) in [6, 6.07) is 11.8. The molecule has 1 unspecified atom stereocenters. The molecule has 1 saturated carbocycles. The second-order valence-corrected chi connectivity index (χ2v) is 8.39. The smallest absolute Gasteiger partial charge is 0.414 e. The number of ether oxygens (including phenoxy) is 1. The van der Waals surface area contributed by atoms with Gasteiger partial charge in [0.25, 0.3) is 0 Å². The van der Waals surface area contributed by atoms with Gasteiger partial charge < -0.3 is 10.1 Å². The van der Waals surface area contributed by atoms with Gasteiger partial charge in [-0.05, 0) is 49.1 Å². The molecule has 0 spiro atoms. The van der Waals surface area contributed by atoms with Crippen molar-refractivity contribution in [1.29, 1.82) is 5.26 Å². The Bertz CT molecular complexity index is 1160. The number of hydrogen-bond acceptors (Lipinski definition) is 7. The van der Waals surface area contributed by atoms with Gasteiger partial charge in [-0.3, -0.25) is 9.58 Å². The summed E-state index contributed by atoms with van der Waals surface area (Å²) in [4.78, 5) is 22.3. The maximum absolute atomic E-state index is 11.7. The van der Waals surface area contributed by atoms with E-state index in [2.05, 4.69) is 26.5 Å².